The summed E-state index contributed by atoms with van der Waals surface area (Å²) in [5.41, 5.74) is 6.03. The van der Waals surface area contributed by atoms with Crippen LogP contribution < -0.4 is 11.1 Å². The summed E-state index contributed by atoms with van der Waals surface area (Å²) in [4.78, 5) is 23.3. The fourth-order valence-corrected chi connectivity index (χ4v) is 2.46. The SMILES string of the molecule is C=C(C(N)=O)[C@@H](NC(=O)OCCCCCC)/C(F)=C/CCc1ccccc1. The predicted molar refractivity (Wildman–Crippen MR) is 105 cm³/mol. The molecule has 0 aliphatic heterocycles. The zero-order valence-corrected chi connectivity index (χ0v) is 15.9. The van der Waals surface area contributed by atoms with Gasteiger partial charge in [-0.25, -0.2) is 9.18 Å². The standard InChI is InChI=1S/C21H29FN2O3/c1-3-4-5-9-15-27-21(26)24-19(16(2)20(23)25)18(22)14-10-13-17-11-7-6-8-12-17/h6-8,11-12,14,19H,2-5,9-10,13,15H2,1H3,(H2,23,25)(H,24,26)/b18-14-/t19-/m1/s1. The van der Waals surface area contributed by atoms with Crippen LogP contribution in [0.1, 0.15) is 44.6 Å². The molecule has 0 unspecified atom stereocenters. The highest BCUT2D eigenvalue weighted by atomic mass is 19.1. The van der Waals surface area contributed by atoms with Gasteiger partial charge in [-0.15, -0.1) is 0 Å². The van der Waals surface area contributed by atoms with Crippen LogP contribution in [0.5, 0.6) is 0 Å². The average Bonchev–Trinajstić information content (AvgIpc) is 2.66. The molecule has 0 saturated heterocycles. The maximum atomic E-state index is 14.6. The number of benzene rings is 1. The zero-order chi connectivity index (χ0) is 20.1. The van der Waals surface area contributed by atoms with Gasteiger partial charge in [0, 0.05) is 5.57 Å². The molecule has 1 rings (SSSR count). The number of rotatable bonds is 12. The van der Waals surface area contributed by atoms with E-state index in [1.165, 1.54) is 6.08 Å². The molecule has 1 atom stereocenters. The van der Waals surface area contributed by atoms with E-state index >= 15 is 0 Å². The van der Waals surface area contributed by atoms with Gasteiger partial charge >= 0.3 is 6.09 Å². The Morgan fingerprint density at radius 1 is 1.26 bits per heavy atom. The molecular formula is C21H29FN2O3. The molecule has 0 aromatic heterocycles. The van der Waals surface area contributed by atoms with Crippen molar-refractivity contribution in [1.82, 2.24) is 5.32 Å². The van der Waals surface area contributed by atoms with Crippen molar-refractivity contribution in [2.75, 3.05) is 6.61 Å². The van der Waals surface area contributed by atoms with Crippen LogP contribution in [0, 0.1) is 0 Å². The normalized spacial score (nSPS) is 12.3. The Hall–Kier alpha value is -2.63. The second kappa shape index (κ2) is 12.7. The molecule has 0 radical (unpaired) electrons. The largest absolute Gasteiger partial charge is 0.450 e. The number of ether oxygens (including phenoxy) is 1. The van der Waals surface area contributed by atoms with Crippen molar-refractivity contribution >= 4 is 12.0 Å². The Kier molecular flexibility index (Phi) is 10.5. The van der Waals surface area contributed by atoms with Crippen molar-refractivity contribution < 1.29 is 18.7 Å². The molecule has 0 saturated carbocycles. The van der Waals surface area contributed by atoms with Crippen molar-refractivity contribution in [1.29, 1.82) is 0 Å². The van der Waals surface area contributed by atoms with E-state index in [1.54, 1.807) is 0 Å². The Morgan fingerprint density at radius 3 is 2.59 bits per heavy atom. The number of hydrogen-bond acceptors (Lipinski definition) is 3. The lowest BCUT2D eigenvalue weighted by molar-refractivity contribution is -0.114. The van der Waals surface area contributed by atoms with Crippen molar-refractivity contribution in [2.24, 2.45) is 5.73 Å². The average molecular weight is 376 g/mol. The Labute approximate surface area is 160 Å². The number of primary amides is 1. The highest BCUT2D eigenvalue weighted by molar-refractivity contribution is 5.93. The van der Waals surface area contributed by atoms with Crippen LogP contribution in [0.25, 0.3) is 0 Å². The topological polar surface area (TPSA) is 81.4 Å². The summed E-state index contributed by atoms with van der Waals surface area (Å²) >= 11 is 0. The van der Waals surface area contributed by atoms with Gasteiger partial charge < -0.3 is 15.8 Å². The van der Waals surface area contributed by atoms with Crippen molar-refractivity contribution in [2.45, 2.75) is 51.5 Å². The minimum Gasteiger partial charge on any atom is -0.450 e. The van der Waals surface area contributed by atoms with E-state index in [-0.39, 0.29) is 12.2 Å². The number of allylic oxidation sites excluding steroid dienone is 1. The van der Waals surface area contributed by atoms with E-state index in [0.717, 1.165) is 31.2 Å². The van der Waals surface area contributed by atoms with E-state index in [4.69, 9.17) is 10.5 Å². The van der Waals surface area contributed by atoms with Gasteiger partial charge in [0.15, 0.2) is 0 Å². The number of aryl methyl sites for hydroxylation is 1. The first-order valence-corrected chi connectivity index (χ1v) is 9.27. The molecule has 1 aromatic rings. The molecule has 2 amide bonds. The summed E-state index contributed by atoms with van der Waals surface area (Å²) in [7, 11) is 0. The summed E-state index contributed by atoms with van der Waals surface area (Å²) in [6.45, 7) is 5.81. The monoisotopic (exact) mass is 376 g/mol. The third-order valence-corrected chi connectivity index (χ3v) is 4.05. The van der Waals surface area contributed by atoms with Gasteiger partial charge in [-0.3, -0.25) is 4.79 Å². The zero-order valence-electron chi connectivity index (χ0n) is 15.9. The molecule has 0 aliphatic rings. The predicted octanol–water partition coefficient (Wildman–Crippen LogP) is 4.19. The van der Waals surface area contributed by atoms with E-state index in [9.17, 15) is 14.0 Å². The van der Waals surface area contributed by atoms with Crippen molar-refractivity contribution in [3.63, 3.8) is 0 Å². The fourth-order valence-electron chi connectivity index (χ4n) is 2.46. The minimum absolute atomic E-state index is 0.230. The molecule has 3 N–H and O–H groups in total. The number of amides is 2. The maximum absolute atomic E-state index is 14.6. The summed E-state index contributed by atoms with van der Waals surface area (Å²) in [6, 6.07) is 8.29. The van der Waals surface area contributed by atoms with E-state index < -0.39 is 23.9 Å². The summed E-state index contributed by atoms with van der Waals surface area (Å²) in [5.74, 6) is -1.56. The number of hydrogen-bond donors (Lipinski definition) is 2. The lowest BCUT2D eigenvalue weighted by atomic mass is 10.0. The Morgan fingerprint density at radius 2 is 1.96 bits per heavy atom. The van der Waals surface area contributed by atoms with Gasteiger partial charge in [0.05, 0.1) is 6.61 Å². The Balaban J connectivity index is 2.61. The maximum Gasteiger partial charge on any atom is 0.407 e. The van der Waals surface area contributed by atoms with Crippen LogP contribution in [0.3, 0.4) is 0 Å². The van der Waals surface area contributed by atoms with Gasteiger partial charge in [-0.1, -0.05) is 69.2 Å². The molecule has 1 aromatic carbocycles. The Bertz CT molecular complexity index is 644. The molecule has 0 aliphatic carbocycles. The number of carbonyl (C=O) groups excluding carboxylic acids is 2. The molecule has 5 nitrogen and oxygen atoms in total. The van der Waals surface area contributed by atoms with E-state index in [2.05, 4.69) is 18.8 Å². The van der Waals surface area contributed by atoms with Crippen molar-refractivity contribution in [3.8, 4) is 0 Å². The van der Waals surface area contributed by atoms with Gasteiger partial charge in [0.25, 0.3) is 0 Å². The number of unbranched alkanes of at least 4 members (excludes halogenated alkanes) is 3. The van der Waals surface area contributed by atoms with Crippen LogP contribution in [-0.4, -0.2) is 24.6 Å². The van der Waals surface area contributed by atoms with Crippen LogP contribution in [0.15, 0.2) is 54.4 Å². The van der Waals surface area contributed by atoms with E-state index in [0.29, 0.717) is 12.8 Å². The lowest BCUT2D eigenvalue weighted by Gasteiger charge is -2.18. The molecule has 27 heavy (non-hydrogen) atoms. The van der Waals surface area contributed by atoms with Gasteiger partial charge in [0.2, 0.25) is 5.91 Å². The van der Waals surface area contributed by atoms with Crippen LogP contribution in [0.4, 0.5) is 9.18 Å². The highest BCUT2D eigenvalue weighted by Crippen LogP contribution is 2.15. The minimum atomic E-state index is -1.32. The van der Waals surface area contributed by atoms with Crippen LogP contribution >= 0.6 is 0 Å². The molecule has 0 spiro atoms. The molecule has 0 bridgehead atoms. The third kappa shape index (κ3) is 9.03. The third-order valence-electron chi connectivity index (χ3n) is 4.05. The lowest BCUT2D eigenvalue weighted by Crippen LogP contribution is -2.40. The second-order valence-electron chi connectivity index (χ2n) is 6.28. The number of nitrogens with one attached hydrogen (secondary N) is 1. The first kappa shape index (κ1) is 22.4. The first-order valence-electron chi connectivity index (χ1n) is 9.27. The van der Waals surface area contributed by atoms with Gasteiger partial charge in [-0.05, 0) is 24.8 Å². The summed E-state index contributed by atoms with van der Waals surface area (Å²) in [5, 5.41) is 2.33. The molecular weight excluding hydrogens is 347 g/mol. The summed E-state index contributed by atoms with van der Waals surface area (Å²) in [6.07, 6.45) is 5.39. The van der Waals surface area contributed by atoms with E-state index in [1.807, 2.05) is 30.3 Å². The quantitative estimate of drug-likeness (QED) is 0.424. The first-order chi connectivity index (χ1) is 13.0. The number of nitrogens with two attached hydrogens (primary N) is 1. The van der Waals surface area contributed by atoms with Crippen LogP contribution in [-0.2, 0) is 16.0 Å². The second-order valence-corrected chi connectivity index (χ2v) is 6.28. The summed E-state index contributed by atoms with van der Waals surface area (Å²) < 4.78 is 19.6. The fraction of sp³-hybridized carbons (Fsp3) is 0.429. The number of alkyl carbamates (subject to hydrolysis) is 1. The van der Waals surface area contributed by atoms with Gasteiger partial charge in [0.1, 0.15) is 11.9 Å². The van der Waals surface area contributed by atoms with Gasteiger partial charge in [-0.2, -0.15) is 0 Å². The molecule has 0 fully saturated rings. The number of carbonyl (C=O) groups is 2. The smallest absolute Gasteiger partial charge is 0.407 e. The number of halogens is 1. The highest BCUT2D eigenvalue weighted by Gasteiger charge is 2.24. The molecule has 148 valence electrons. The molecule has 0 heterocycles. The molecule has 6 heteroatoms. The van der Waals surface area contributed by atoms with Crippen LogP contribution in [0.2, 0.25) is 0 Å². The van der Waals surface area contributed by atoms with Crippen molar-refractivity contribution in [3.05, 3.63) is 60.0 Å².